The van der Waals surface area contributed by atoms with Crippen molar-refractivity contribution in [1.29, 1.82) is 0 Å². The maximum atomic E-state index is 12.2. The van der Waals surface area contributed by atoms with Gasteiger partial charge < -0.3 is 22.3 Å². The van der Waals surface area contributed by atoms with E-state index in [2.05, 4.69) is 0 Å². The highest BCUT2D eigenvalue weighted by atomic mass is 19.1. The van der Waals surface area contributed by atoms with E-state index in [1.807, 2.05) is 0 Å². The van der Waals surface area contributed by atoms with E-state index < -0.39 is 12.0 Å². The summed E-state index contributed by atoms with van der Waals surface area (Å²) in [5.74, 6) is -1.43. The number of hydrogen-bond acceptors (Lipinski definition) is 5. The lowest BCUT2D eigenvalue weighted by molar-refractivity contribution is -0.138. The summed E-state index contributed by atoms with van der Waals surface area (Å²) in [4.78, 5) is 19.7. The average Bonchev–Trinajstić information content (AvgIpc) is 2.55. The molecule has 0 radical (unpaired) electrons. The predicted molar refractivity (Wildman–Crippen MR) is 87.5 cm³/mol. The van der Waals surface area contributed by atoms with E-state index in [4.69, 9.17) is 22.3 Å². The third-order valence-electron chi connectivity index (χ3n) is 3.21. The lowest BCUT2D eigenvalue weighted by Gasteiger charge is -2.15. The number of carboxylic acids is 1. The molecule has 6 nitrogen and oxygen atoms in total. The van der Waals surface area contributed by atoms with Crippen LogP contribution in [0.15, 0.2) is 24.3 Å². The SMILES string of the molecule is NC1CCCCC1.NC[C@H](N)C(=O)O.O=Cc1cccc(F)c1. The van der Waals surface area contributed by atoms with Gasteiger partial charge in [-0.05, 0) is 25.0 Å². The van der Waals surface area contributed by atoms with Gasteiger partial charge in [-0.2, -0.15) is 0 Å². The van der Waals surface area contributed by atoms with Crippen LogP contribution in [0, 0.1) is 5.82 Å². The molecule has 23 heavy (non-hydrogen) atoms. The smallest absolute Gasteiger partial charge is 0.321 e. The highest BCUT2D eigenvalue weighted by Gasteiger charge is 2.06. The Kier molecular flexibility index (Phi) is 11.7. The number of aldehydes is 1. The Morgan fingerprint density at radius 3 is 2.22 bits per heavy atom. The van der Waals surface area contributed by atoms with Gasteiger partial charge in [0.15, 0.2) is 0 Å². The van der Waals surface area contributed by atoms with Crippen LogP contribution in [0.3, 0.4) is 0 Å². The monoisotopic (exact) mass is 327 g/mol. The number of halogens is 1. The average molecular weight is 327 g/mol. The number of aliphatic carboxylic acids is 1. The molecular weight excluding hydrogens is 301 g/mol. The molecular formula is C16H26FN3O3. The van der Waals surface area contributed by atoms with E-state index in [0.29, 0.717) is 17.9 Å². The van der Waals surface area contributed by atoms with Crippen molar-refractivity contribution in [3.63, 3.8) is 0 Å². The second kappa shape index (κ2) is 12.7. The molecule has 0 spiro atoms. The Morgan fingerprint density at radius 2 is 1.96 bits per heavy atom. The van der Waals surface area contributed by atoms with E-state index in [1.165, 1.54) is 50.3 Å². The van der Waals surface area contributed by atoms with Crippen molar-refractivity contribution in [1.82, 2.24) is 0 Å². The number of nitrogens with two attached hydrogens (primary N) is 3. The van der Waals surface area contributed by atoms with Gasteiger partial charge in [0, 0.05) is 18.2 Å². The molecule has 0 aromatic heterocycles. The molecule has 0 heterocycles. The molecule has 2 rings (SSSR count). The van der Waals surface area contributed by atoms with Gasteiger partial charge in [0.2, 0.25) is 0 Å². The van der Waals surface area contributed by atoms with Crippen LogP contribution in [0.2, 0.25) is 0 Å². The minimum atomic E-state index is -1.05. The first-order valence-corrected chi connectivity index (χ1v) is 7.55. The summed E-state index contributed by atoms with van der Waals surface area (Å²) >= 11 is 0. The molecule has 7 N–H and O–H groups in total. The minimum Gasteiger partial charge on any atom is -0.480 e. The van der Waals surface area contributed by atoms with Crippen molar-refractivity contribution < 1.29 is 19.1 Å². The van der Waals surface area contributed by atoms with E-state index in [9.17, 15) is 14.0 Å². The van der Waals surface area contributed by atoms with Gasteiger partial charge in [-0.15, -0.1) is 0 Å². The number of carboxylic acid groups (broad SMARTS) is 1. The topological polar surface area (TPSA) is 132 Å². The molecule has 1 atom stereocenters. The summed E-state index contributed by atoms with van der Waals surface area (Å²) in [7, 11) is 0. The van der Waals surface area contributed by atoms with Crippen LogP contribution in [-0.4, -0.2) is 36.0 Å². The van der Waals surface area contributed by atoms with Gasteiger partial charge in [0.05, 0.1) is 0 Å². The zero-order valence-electron chi connectivity index (χ0n) is 13.2. The zero-order valence-corrected chi connectivity index (χ0v) is 13.2. The first kappa shape index (κ1) is 21.2. The molecule has 1 fully saturated rings. The van der Waals surface area contributed by atoms with Gasteiger partial charge >= 0.3 is 5.97 Å². The molecule has 0 aliphatic heterocycles. The summed E-state index contributed by atoms with van der Waals surface area (Å²) in [6.07, 6.45) is 7.28. The maximum Gasteiger partial charge on any atom is 0.321 e. The minimum absolute atomic E-state index is 0.00463. The number of carbonyl (C=O) groups is 2. The number of rotatable bonds is 3. The van der Waals surface area contributed by atoms with Crippen LogP contribution < -0.4 is 17.2 Å². The Labute approximate surface area is 135 Å². The van der Waals surface area contributed by atoms with E-state index >= 15 is 0 Å². The van der Waals surface area contributed by atoms with Crippen molar-refractivity contribution in [2.75, 3.05) is 6.54 Å². The third kappa shape index (κ3) is 11.4. The fourth-order valence-electron chi connectivity index (χ4n) is 1.81. The Bertz CT molecular complexity index is 466. The Hall–Kier alpha value is -1.83. The summed E-state index contributed by atoms with van der Waals surface area (Å²) in [5, 5.41) is 7.98. The van der Waals surface area contributed by atoms with Crippen molar-refractivity contribution >= 4 is 12.3 Å². The molecule has 1 aliphatic rings. The van der Waals surface area contributed by atoms with Crippen molar-refractivity contribution in [3.05, 3.63) is 35.6 Å². The molecule has 1 aliphatic carbocycles. The molecule has 130 valence electrons. The van der Waals surface area contributed by atoms with E-state index in [-0.39, 0.29) is 12.4 Å². The van der Waals surface area contributed by atoms with Gasteiger partial charge in [0.1, 0.15) is 18.1 Å². The van der Waals surface area contributed by atoms with Crippen LogP contribution >= 0.6 is 0 Å². The zero-order chi connectivity index (χ0) is 17.7. The second-order valence-electron chi connectivity index (χ2n) is 5.25. The highest BCUT2D eigenvalue weighted by Crippen LogP contribution is 2.14. The van der Waals surface area contributed by atoms with E-state index in [1.54, 1.807) is 6.07 Å². The molecule has 0 saturated heterocycles. The van der Waals surface area contributed by atoms with Crippen LogP contribution in [0.5, 0.6) is 0 Å². The van der Waals surface area contributed by atoms with Gasteiger partial charge in [-0.25, -0.2) is 4.39 Å². The molecule has 1 saturated carbocycles. The van der Waals surface area contributed by atoms with Crippen LogP contribution in [0.4, 0.5) is 4.39 Å². The fourth-order valence-corrected chi connectivity index (χ4v) is 1.81. The quantitative estimate of drug-likeness (QED) is 0.618. The lowest BCUT2D eigenvalue weighted by Crippen LogP contribution is -2.37. The summed E-state index contributed by atoms with van der Waals surface area (Å²) < 4.78 is 12.2. The first-order chi connectivity index (χ1) is 10.9. The Morgan fingerprint density at radius 1 is 1.35 bits per heavy atom. The molecule has 0 amide bonds. The second-order valence-corrected chi connectivity index (χ2v) is 5.25. The third-order valence-corrected chi connectivity index (χ3v) is 3.21. The number of hydrogen-bond donors (Lipinski definition) is 4. The highest BCUT2D eigenvalue weighted by molar-refractivity contribution is 5.74. The fraction of sp³-hybridized carbons (Fsp3) is 0.500. The van der Waals surface area contributed by atoms with Crippen molar-refractivity contribution in [2.24, 2.45) is 17.2 Å². The summed E-state index contributed by atoms with van der Waals surface area (Å²) in [5.41, 5.74) is 15.8. The van der Waals surface area contributed by atoms with Gasteiger partial charge in [-0.3, -0.25) is 9.59 Å². The van der Waals surface area contributed by atoms with Gasteiger partial charge in [0.25, 0.3) is 0 Å². The van der Waals surface area contributed by atoms with Gasteiger partial charge in [-0.1, -0.05) is 31.4 Å². The normalized spacial score (nSPS) is 15.3. The summed E-state index contributed by atoms with van der Waals surface area (Å²) in [6, 6.07) is 5.17. The molecule has 0 bridgehead atoms. The van der Waals surface area contributed by atoms with E-state index in [0.717, 1.165) is 0 Å². The molecule has 0 unspecified atom stereocenters. The summed E-state index contributed by atoms with van der Waals surface area (Å²) in [6.45, 7) is -0.00463. The lowest BCUT2D eigenvalue weighted by atomic mass is 9.97. The standard InChI is InChI=1S/C7H5FO.C6H13N.C3H8N2O2/c8-7-3-1-2-6(4-7)5-9;7-6-4-2-1-3-5-6;4-1-2(5)3(6)7/h1-5H;6H,1-5,7H2;2H,1,4-5H2,(H,6,7)/t;;2-/m..0/s1. The molecule has 1 aromatic carbocycles. The Balaban J connectivity index is 0.000000320. The predicted octanol–water partition coefficient (Wildman–Crippen LogP) is 1.27. The van der Waals surface area contributed by atoms with Crippen LogP contribution in [0.25, 0.3) is 0 Å². The largest absolute Gasteiger partial charge is 0.480 e. The number of carbonyl (C=O) groups excluding carboxylic acids is 1. The first-order valence-electron chi connectivity index (χ1n) is 7.55. The van der Waals surface area contributed by atoms with Crippen LogP contribution in [0.1, 0.15) is 42.5 Å². The van der Waals surface area contributed by atoms with Crippen molar-refractivity contribution in [3.8, 4) is 0 Å². The molecule has 7 heteroatoms. The molecule has 1 aromatic rings. The maximum absolute atomic E-state index is 12.2. The van der Waals surface area contributed by atoms with Crippen LogP contribution in [-0.2, 0) is 4.79 Å². The van der Waals surface area contributed by atoms with Crippen molar-refractivity contribution in [2.45, 2.75) is 44.2 Å². The number of benzene rings is 1.